The summed E-state index contributed by atoms with van der Waals surface area (Å²) >= 11 is 6.16. The molecule has 0 radical (unpaired) electrons. The molecule has 110 valence electrons. The van der Waals surface area contributed by atoms with Gasteiger partial charge in [-0.2, -0.15) is 0 Å². The summed E-state index contributed by atoms with van der Waals surface area (Å²) < 4.78 is 16.2. The summed E-state index contributed by atoms with van der Waals surface area (Å²) in [5.41, 5.74) is 1.32. The molecule has 0 aliphatic carbocycles. The smallest absolute Gasteiger partial charge is 0.231 e. The fourth-order valence-electron chi connectivity index (χ4n) is 2.32. The van der Waals surface area contributed by atoms with Crippen molar-refractivity contribution < 1.29 is 19.3 Å². The Morgan fingerprint density at radius 3 is 2.90 bits per heavy atom. The molecule has 0 saturated heterocycles. The van der Waals surface area contributed by atoms with Crippen LogP contribution >= 0.6 is 11.6 Å². The Morgan fingerprint density at radius 2 is 2.10 bits per heavy atom. The summed E-state index contributed by atoms with van der Waals surface area (Å²) in [6, 6.07) is 10.8. The van der Waals surface area contributed by atoms with Gasteiger partial charge in [0.25, 0.3) is 0 Å². The van der Waals surface area contributed by atoms with Gasteiger partial charge in [0.05, 0.1) is 11.6 Å². The summed E-state index contributed by atoms with van der Waals surface area (Å²) in [7, 11) is 0. The number of rotatable bonds is 4. The van der Waals surface area contributed by atoms with Gasteiger partial charge in [0.2, 0.25) is 6.79 Å². The maximum atomic E-state index is 10.6. The van der Waals surface area contributed by atoms with Gasteiger partial charge in [-0.05, 0) is 30.7 Å². The van der Waals surface area contributed by atoms with Gasteiger partial charge in [0, 0.05) is 5.56 Å². The molecule has 1 atom stereocenters. The third-order valence-electron chi connectivity index (χ3n) is 3.28. The second-order valence-electron chi connectivity index (χ2n) is 4.61. The summed E-state index contributed by atoms with van der Waals surface area (Å²) in [5, 5.41) is 11.0. The van der Waals surface area contributed by atoms with Crippen molar-refractivity contribution in [1.29, 1.82) is 0 Å². The molecule has 2 aromatic rings. The zero-order valence-corrected chi connectivity index (χ0v) is 12.3. The topological polar surface area (TPSA) is 47.9 Å². The Hall–Kier alpha value is -1.91. The van der Waals surface area contributed by atoms with Crippen molar-refractivity contribution in [2.24, 2.45) is 0 Å². The van der Waals surface area contributed by atoms with Crippen LogP contribution in [0.5, 0.6) is 17.2 Å². The molecule has 21 heavy (non-hydrogen) atoms. The van der Waals surface area contributed by atoms with E-state index in [1.807, 2.05) is 31.2 Å². The van der Waals surface area contributed by atoms with Crippen molar-refractivity contribution >= 4 is 11.6 Å². The lowest BCUT2D eigenvalue weighted by molar-refractivity contribution is 0.173. The monoisotopic (exact) mass is 306 g/mol. The molecule has 5 heteroatoms. The lowest BCUT2D eigenvalue weighted by atomic mass is 10.00. The van der Waals surface area contributed by atoms with Crippen LogP contribution in [0.15, 0.2) is 36.4 Å². The Balaban J connectivity index is 1.99. The maximum Gasteiger partial charge on any atom is 0.231 e. The highest BCUT2D eigenvalue weighted by Gasteiger charge is 2.23. The number of hydrogen-bond donors (Lipinski definition) is 1. The van der Waals surface area contributed by atoms with Crippen LogP contribution in [0, 0.1) is 0 Å². The van der Waals surface area contributed by atoms with E-state index >= 15 is 0 Å². The Bertz CT molecular complexity index is 657. The number of ether oxygens (including phenoxy) is 3. The zero-order valence-electron chi connectivity index (χ0n) is 11.5. The van der Waals surface area contributed by atoms with Gasteiger partial charge < -0.3 is 19.3 Å². The predicted octanol–water partition coefficient (Wildman–Crippen LogP) is 3.55. The van der Waals surface area contributed by atoms with Crippen LogP contribution in [0.3, 0.4) is 0 Å². The molecular formula is C16H15ClO4. The van der Waals surface area contributed by atoms with E-state index in [1.54, 1.807) is 12.1 Å². The molecule has 2 aromatic carbocycles. The first kappa shape index (κ1) is 14.0. The minimum atomic E-state index is -0.847. The molecular weight excluding hydrogens is 292 g/mol. The Morgan fingerprint density at radius 1 is 1.29 bits per heavy atom. The first-order valence-corrected chi connectivity index (χ1v) is 7.07. The number of benzene rings is 2. The average molecular weight is 307 g/mol. The molecule has 0 bridgehead atoms. The van der Waals surface area contributed by atoms with Crippen LogP contribution in [0.1, 0.15) is 24.2 Å². The van der Waals surface area contributed by atoms with Crippen molar-refractivity contribution in [2.45, 2.75) is 13.0 Å². The second-order valence-corrected chi connectivity index (χ2v) is 5.02. The first-order valence-electron chi connectivity index (χ1n) is 6.69. The van der Waals surface area contributed by atoms with E-state index in [1.165, 1.54) is 0 Å². The quantitative estimate of drug-likeness (QED) is 0.938. The number of para-hydroxylation sites is 1. The lowest BCUT2D eigenvalue weighted by Crippen LogP contribution is -2.04. The Labute approximate surface area is 127 Å². The van der Waals surface area contributed by atoms with E-state index in [2.05, 4.69) is 0 Å². The lowest BCUT2D eigenvalue weighted by Gasteiger charge is -2.16. The van der Waals surface area contributed by atoms with E-state index in [0.717, 1.165) is 0 Å². The molecule has 3 rings (SSSR count). The van der Waals surface area contributed by atoms with Crippen LogP contribution in [0.4, 0.5) is 0 Å². The standard InChI is InChI=1S/C16H15ClO4/c1-2-19-13-6-4-3-5-11(13)15(18)10-7-12(17)16-14(8-10)20-9-21-16/h3-8,15,18H,2,9H2,1H3. The molecule has 0 aromatic heterocycles. The number of fused-ring (bicyclic) bond motifs is 1. The van der Waals surface area contributed by atoms with Crippen molar-refractivity contribution in [1.82, 2.24) is 0 Å². The van der Waals surface area contributed by atoms with Crippen LogP contribution in [-0.2, 0) is 0 Å². The maximum absolute atomic E-state index is 10.6. The summed E-state index contributed by atoms with van der Waals surface area (Å²) in [4.78, 5) is 0. The molecule has 0 amide bonds. The highest BCUT2D eigenvalue weighted by molar-refractivity contribution is 6.32. The van der Waals surface area contributed by atoms with Gasteiger partial charge >= 0.3 is 0 Å². The second kappa shape index (κ2) is 5.84. The first-order chi connectivity index (χ1) is 10.2. The van der Waals surface area contributed by atoms with Crippen molar-refractivity contribution in [3.8, 4) is 17.2 Å². The zero-order chi connectivity index (χ0) is 14.8. The van der Waals surface area contributed by atoms with Crippen LogP contribution in [0.2, 0.25) is 5.02 Å². The summed E-state index contributed by atoms with van der Waals surface area (Å²) in [6.45, 7) is 2.58. The molecule has 0 saturated carbocycles. The van der Waals surface area contributed by atoms with Gasteiger partial charge in [0.1, 0.15) is 11.9 Å². The van der Waals surface area contributed by atoms with E-state index in [0.29, 0.717) is 40.0 Å². The van der Waals surface area contributed by atoms with Crippen LogP contribution < -0.4 is 14.2 Å². The fourth-order valence-corrected chi connectivity index (χ4v) is 2.59. The number of aliphatic hydroxyl groups excluding tert-OH is 1. The van der Waals surface area contributed by atoms with Gasteiger partial charge in [-0.1, -0.05) is 29.8 Å². The third-order valence-corrected chi connectivity index (χ3v) is 3.56. The van der Waals surface area contributed by atoms with Crippen molar-refractivity contribution in [3.63, 3.8) is 0 Å². The largest absolute Gasteiger partial charge is 0.493 e. The number of aliphatic hydroxyl groups is 1. The number of hydrogen-bond acceptors (Lipinski definition) is 4. The van der Waals surface area contributed by atoms with Crippen LogP contribution in [0.25, 0.3) is 0 Å². The van der Waals surface area contributed by atoms with Crippen molar-refractivity contribution in [3.05, 3.63) is 52.5 Å². The molecule has 4 nitrogen and oxygen atoms in total. The summed E-state index contributed by atoms with van der Waals surface area (Å²) in [5.74, 6) is 1.72. The minimum Gasteiger partial charge on any atom is -0.493 e. The summed E-state index contributed by atoms with van der Waals surface area (Å²) in [6.07, 6.45) is -0.847. The molecule has 1 aliphatic rings. The fraction of sp³-hybridized carbons (Fsp3) is 0.250. The van der Waals surface area contributed by atoms with Gasteiger partial charge in [0.15, 0.2) is 11.5 Å². The predicted molar refractivity (Wildman–Crippen MR) is 79.2 cm³/mol. The van der Waals surface area contributed by atoms with Gasteiger partial charge in [-0.3, -0.25) is 0 Å². The molecule has 0 spiro atoms. The molecule has 0 fully saturated rings. The molecule has 1 heterocycles. The van der Waals surface area contributed by atoms with Gasteiger partial charge in [-0.25, -0.2) is 0 Å². The van der Waals surface area contributed by atoms with E-state index in [-0.39, 0.29) is 6.79 Å². The molecule has 1 N–H and O–H groups in total. The average Bonchev–Trinajstić information content (AvgIpc) is 2.96. The molecule has 1 unspecified atom stereocenters. The van der Waals surface area contributed by atoms with Gasteiger partial charge in [-0.15, -0.1) is 0 Å². The van der Waals surface area contributed by atoms with Crippen LogP contribution in [-0.4, -0.2) is 18.5 Å². The Kier molecular flexibility index (Phi) is 3.90. The SMILES string of the molecule is CCOc1ccccc1C(O)c1cc(Cl)c2c(c1)OCO2. The minimum absolute atomic E-state index is 0.143. The van der Waals surface area contributed by atoms with Crippen molar-refractivity contribution in [2.75, 3.05) is 13.4 Å². The normalized spacial score (nSPS) is 14.0. The van der Waals surface area contributed by atoms with E-state index < -0.39 is 6.10 Å². The molecule has 1 aliphatic heterocycles. The number of halogens is 1. The van der Waals surface area contributed by atoms with E-state index in [9.17, 15) is 5.11 Å². The highest BCUT2D eigenvalue weighted by atomic mass is 35.5. The highest BCUT2D eigenvalue weighted by Crippen LogP contribution is 2.42. The van der Waals surface area contributed by atoms with E-state index in [4.69, 9.17) is 25.8 Å². The third kappa shape index (κ3) is 2.64.